The van der Waals surface area contributed by atoms with E-state index in [0.29, 0.717) is 11.3 Å². The molecule has 1 aromatic carbocycles. The van der Waals surface area contributed by atoms with Gasteiger partial charge in [-0.1, -0.05) is 45.9 Å². The van der Waals surface area contributed by atoms with Gasteiger partial charge >= 0.3 is 5.97 Å². The Kier molecular flexibility index (Phi) is 17.7. The summed E-state index contributed by atoms with van der Waals surface area (Å²) in [7, 11) is 0. The first-order valence-corrected chi connectivity index (χ1v) is 17.5. The van der Waals surface area contributed by atoms with Gasteiger partial charge in [0.15, 0.2) is 0 Å². The van der Waals surface area contributed by atoms with Crippen LogP contribution in [-0.2, 0) is 51.2 Å². The smallest absolute Gasteiger partial charge is 0.305 e. The molecule has 0 bridgehead atoms. The van der Waals surface area contributed by atoms with Gasteiger partial charge in [0.2, 0.25) is 41.4 Å². The van der Waals surface area contributed by atoms with Crippen molar-refractivity contribution < 1.29 is 48.6 Å². The minimum Gasteiger partial charge on any atom is -0.508 e. The summed E-state index contributed by atoms with van der Waals surface area (Å²) in [6, 6.07) is 3.04. The standard InChI is InChI=1S/C36H51N9O10/c1-18(2)29(35(54)40-17-27(38)47)45-36(55)30(19(3)4)44-34(53)26(16-28(48)49)43-33(52)25(15-22-8-6-7-13-39-22)42-31(50)20(5)41-32(51)24(37)14-21-9-11-23(46)12-10-21/h6-13,18-20,24-26,29-30,46H,14-17,37H2,1-5H3,(H2,38,47)(H,40,54)(H,41,51)(H,42,50)(H,43,52)(H,44,53)(H,45,55)(H,48,49)/t20-,24+,25+,26+,29+,30+/m1/s1. The molecule has 19 heteroatoms. The number of pyridine rings is 1. The molecule has 0 spiro atoms. The third-order valence-electron chi connectivity index (χ3n) is 8.20. The average molecular weight is 770 g/mol. The third kappa shape index (κ3) is 15.4. The molecule has 12 N–H and O–H groups in total. The average Bonchev–Trinajstić information content (AvgIpc) is 3.11. The number of aromatic hydroxyl groups is 1. The Labute approximate surface area is 318 Å². The molecule has 0 radical (unpaired) electrons. The van der Waals surface area contributed by atoms with E-state index in [1.807, 2.05) is 0 Å². The van der Waals surface area contributed by atoms with E-state index >= 15 is 0 Å². The van der Waals surface area contributed by atoms with Crippen LogP contribution in [0.2, 0.25) is 0 Å². The van der Waals surface area contributed by atoms with Crippen molar-refractivity contribution in [2.24, 2.45) is 23.3 Å². The predicted molar refractivity (Wildman–Crippen MR) is 197 cm³/mol. The number of nitrogens with one attached hydrogen (secondary N) is 6. The second-order valence-corrected chi connectivity index (χ2v) is 13.6. The van der Waals surface area contributed by atoms with E-state index in [2.05, 4.69) is 36.9 Å². The number of aliphatic carboxylic acids is 1. The maximum absolute atomic E-state index is 13.7. The number of amides is 7. The second-order valence-electron chi connectivity index (χ2n) is 13.6. The largest absolute Gasteiger partial charge is 0.508 e. The highest BCUT2D eigenvalue weighted by Crippen LogP contribution is 2.12. The van der Waals surface area contributed by atoms with E-state index in [1.54, 1.807) is 58.0 Å². The van der Waals surface area contributed by atoms with Crippen LogP contribution in [-0.4, -0.2) is 105 Å². The summed E-state index contributed by atoms with van der Waals surface area (Å²) in [4.78, 5) is 107. The summed E-state index contributed by atoms with van der Waals surface area (Å²) >= 11 is 0. The van der Waals surface area contributed by atoms with Crippen LogP contribution in [0.3, 0.4) is 0 Å². The van der Waals surface area contributed by atoms with Crippen LogP contribution in [0.15, 0.2) is 48.7 Å². The van der Waals surface area contributed by atoms with Crippen LogP contribution in [0, 0.1) is 11.8 Å². The first-order chi connectivity index (χ1) is 25.8. The Bertz CT molecular complexity index is 1670. The highest BCUT2D eigenvalue weighted by molar-refractivity contribution is 5.98. The van der Waals surface area contributed by atoms with E-state index < -0.39 is 108 Å². The summed E-state index contributed by atoms with van der Waals surface area (Å²) < 4.78 is 0. The molecule has 1 aromatic heterocycles. The number of hydrogen-bond donors (Lipinski definition) is 10. The van der Waals surface area contributed by atoms with Gasteiger partial charge in [0.25, 0.3) is 0 Å². The number of carbonyl (C=O) groups is 8. The lowest BCUT2D eigenvalue weighted by Gasteiger charge is -2.28. The molecule has 0 unspecified atom stereocenters. The molecule has 0 aliphatic rings. The molecule has 300 valence electrons. The molecule has 1 heterocycles. The number of primary amides is 1. The summed E-state index contributed by atoms with van der Waals surface area (Å²) in [6.07, 6.45) is 0.436. The lowest BCUT2D eigenvalue weighted by atomic mass is 9.99. The fourth-order valence-corrected chi connectivity index (χ4v) is 5.11. The van der Waals surface area contributed by atoms with Crippen molar-refractivity contribution in [2.45, 2.75) is 90.1 Å². The molecule has 2 aromatic rings. The number of carbonyl (C=O) groups excluding carboxylic acids is 7. The number of carboxylic acid groups (broad SMARTS) is 1. The molecule has 0 fully saturated rings. The van der Waals surface area contributed by atoms with E-state index in [4.69, 9.17) is 11.5 Å². The molecule has 19 nitrogen and oxygen atoms in total. The lowest BCUT2D eigenvalue weighted by Crippen LogP contribution is -2.61. The predicted octanol–water partition coefficient (Wildman–Crippen LogP) is -2.27. The highest BCUT2D eigenvalue weighted by Gasteiger charge is 2.35. The van der Waals surface area contributed by atoms with Gasteiger partial charge in [-0.05, 0) is 55.0 Å². The second kappa shape index (κ2) is 21.6. The van der Waals surface area contributed by atoms with Gasteiger partial charge in [0, 0.05) is 18.3 Å². The monoisotopic (exact) mass is 769 g/mol. The first kappa shape index (κ1) is 45.0. The first-order valence-electron chi connectivity index (χ1n) is 17.5. The zero-order valence-corrected chi connectivity index (χ0v) is 31.3. The number of phenolic OH excluding ortho intramolecular Hbond substituents is 1. The Morgan fingerprint density at radius 1 is 0.673 bits per heavy atom. The van der Waals surface area contributed by atoms with Gasteiger partial charge in [0.05, 0.1) is 19.0 Å². The molecular formula is C36H51N9O10. The SMILES string of the molecule is CC(C)[C@H](NC(=O)[C@H](CC(=O)O)NC(=O)[C@H](Cc1ccccn1)NC(=O)[C@@H](C)NC(=O)[C@@H](N)Cc1ccc(O)cc1)C(=O)N[C@H](C(=O)NCC(N)=O)C(C)C. The summed E-state index contributed by atoms with van der Waals surface area (Å²) in [6.45, 7) is 7.35. The Balaban J connectivity index is 2.23. The zero-order chi connectivity index (χ0) is 41.4. The topological polar surface area (TPSA) is 314 Å². The number of nitrogens with zero attached hydrogens (tertiary/aromatic N) is 1. The Morgan fingerprint density at radius 2 is 1.24 bits per heavy atom. The van der Waals surface area contributed by atoms with Crippen molar-refractivity contribution in [1.29, 1.82) is 0 Å². The number of aromatic nitrogens is 1. The van der Waals surface area contributed by atoms with Crippen molar-refractivity contribution in [3.8, 4) is 5.75 Å². The van der Waals surface area contributed by atoms with Crippen LogP contribution >= 0.6 is 0 Å². The maximum atomic E-state index is 13.7. The molecule has 55 heavy (non-hydrogen) atoms. The van der Waals surface area contributed by atoms with E-state index in [0.717, 1.165) is 0 Å². The van der Waals surface area contributed by atoms with Crippen LogP contribution in [0.5, 0.6) is 5.75 Å². The van der Waals surface area contributed by atoms with Crippen molar-refractivity contribution in [2.75, 3.05) is 6.54 Å². The van der Waals surface area contributed by atoms with E-state index in [1.165, 1.54) is 25.3 Å². The summed E-state index contributed by atoms with van der Waals surface area (Å²) in [5.74, 6) is -8.27. The molecule has 0 aliphatic carbocycles. The summed E-state index contributed by atoms with van der Waals surface area (Å²) in [5, 5.41) is 33.8. The number of rotatable bonds is 21. The van der Waals surface area contributed by atoms with Crippen LogP contribution in [0.1, 0.15) is 52.3 Å². The maximum Gasteiger partial charge on any atom is 0.305 e. The number of phenols is 1. The molecule has 2 rings (SSSR count). The quantitative estimate of drug-likeness (QED) is 0.0643. The van der Waals surface area contributed by atoms with Crippen molar-refractivity contribution in [1.82, 2.24) is 36.9 Å². The van der Waals surface area contributed by atoms with Gasteiger partial charge in [0.1, 0.15) is 36.0 Å². The lowest BCUT2D eigenvalue weighted by molar-refractivity contribution is -0.141. The third-order valence-corrected chi connectivity index (χ3v) is 8.20. The molecular weight excluding hydrogens is 718 g/mol. The molecule has 7 amide bonds. The van der Waals surface area contributed by atoms with Gasteiger partial charge in [-0.25, -0.2) is 0 Å². The zero-order valence-electron chi connectivity index (χ0n) is 31.3. The van der Waals surface area contributed by atoms with Crippen molar-refractivity contribution in [3.63, 3.8) is 0 Å². The highest BCUT2D eigenvalue weighted by atomic mass is 16.4. The summed E-state index contributed by atoms with van der Waals surface area (Å²) in [5.41, 5.74) is 12.1. The number of benzene rings is 1. The fourth-order valence-electron chi connectivity index (χ4n) is 5.11. The van der Waals surface area contributed by atoms with Gasteiger partial charge < -0.3 is 53.6 Å². The van der Waals surface area contributed by atoms with Crippen LogP contribution in [0.25, 0.3) is 0 Å². The van der Waals surface area contributed by atoms with Crippen LogP contribution < -0.4 is 43.4 Å². The normalized spacial score (nSPS) is 14.3. The van der Waals surface area contributed by atoms with Crippen molar-refractivity contribution in [3.05, 3.63) is 59.9 Å². The molecule has 6 atom stereocenters. The number of nitrogens with two attached hydrogens (primary N) is 2. The minimum absolute atomic E-state index is 0.0383. The fraction of sp³-hybridized carbons (Fsp3) is 0.472. The minimum atomic E-state index is -1.74. The Morgan fingerprint density at radius 3 is 1.78 bits per heavy atom. The van der Waals surface area contributed by atoms with E-state index in [-0.39, 0.29) is 18.6 Å². The molecule has 0 aliphatic heterocycles. The number of carboxylic acids is 1. The van der Waals surface area contributed by atoms with E-state index in [9.17, 15) is 48.6 Å². The van der Waals surface area contributed by atoms with Crippen molar-refractivity contribution >= 4 is 47.3 Å². The van der Waals surface area contributed by atoms with Crippen LogP contribution in [0.4, 0.5) is 0 Å². The van der Waals surface area contributed by atoms with Gasteiger partial charge in [-0.15, -0.1) is 0 Å². The molecule has 0 saturated heterocycles. The van der Waals surface area contributed by atoms with Gasteiger partial charge in [-0.2, -0.15) is 0 Å². The Hall–Kier alpha value is -6.11. The number of hydrogen-bond acceptors (Lipinski definition) is 11. The van der Waals surface area contributed by atoms with Gasteiger partial charge in [-0.3, -0.25) is 43.3 Å². The molecule has 0 saturated carbocycles.